The van der Waals surface area contributed by atoms with Gasteiger partial charge in [-0.25, -0.2) is 4.98 Å². The molecule has 0 bridgehead atoms. The quantitative estimate of drug-likeness (QED) is 0.410. The zero-order valence-electron chi connectivity index (χ0n) is 13.0. The Hall–Kier alpha value is -0.620. The number of alkyl halides is 3. The molecule has 0 radical (unpaired) electrons. The second-order valence-electron chi connectivity index (χ2n) is 5.21. The van der Waals surface area contributed by atoms with Crippen molar-refractivity contribution < 1.29 is 13.2 Å². The number of hydrogen-bond donors (Lipinski definition) is 2. The highest BCUT2D eigenvalue weighted by Gasteiger charge is 2.33. The lowest BCUT2D eigenvalue weighted by Crippen LogP contribution is -2.43. The van der Waals surface area contributed by atoms with E-state index in [4.69, 9.17) is 0 Å². The van der Waals surface area contributed by atoms with Gasteiger partial charge in [0.2, 0.25) is 0 Å². The predicted molar refractivity (Wildman–Crippen MR) is 96.4 cm³/mol. The SMILES string of the molecule is CN=C(NCc1nc(C(F)(F)F)cs1)NCC1CCCN1C.I. The third-order valence-electron chi connectivity index (χ3n) is 3.65. The van der Waals surface area contributed by atoms with E-state index in [1.807, 2.05) is 0 Å². The Morgan fingerprint density at radius 1 is 1.48 bits per heavy atom. The molecule has 132 valence electrons. The molecule has 0 saturated carbocycles. The molecule has 2 heterocycles. The van der Waals surface area contributed by atoms with Crippen molar-refractivity contribution in [2.24, 2.45) is 4.99 Å². The number of hydrogen-bond acceptors (Lipinski definition) is 4. The van der Waals surface area contributed by atoms with Crippen LogP contribution in [-0.2, 0) is 12.7 Å². The third-order valence-corrected chi connectivity index (χ3v) is 4.50. The minimum atomic E-state index is -4.39. The highest BCUT2D eigenvalue weighted by atomic mass is 127. The van der Waals surface area contributed by atoms with Gasteiger partial charge in [-0.1, -0.05) is 0 Å². The zero-order chi connectivity index (χ0) is 16.2. The Bertz CT molecular complexity index is 520. The molecule has 0 amide bonds. The summed E-state index contributed by atoms with van der Waals surface area (Å²) in [5.74, 6) is 0.573. The Labute approximate surface area is 154 Å². The standard InChI is InChI=1S/C13H20F3N5S.HI/c1-17-12(18-6-9-4-3-5-21(9)2)19-7-11-20-10(8-22-11)13(14,15)16;/h8-9H,3-7H2,1-2H3,(H2,17,18,19);1H. The van der Waals surface area contributed by atoms with Crippen LogP contribution in [0.15, 0.2) is 10.4 Å². The van der Waals surface area contributed by atoms with Gasteiger partial charge in [0.1, 0.15) is 5.01 Å². The smallest absolute Gasteiger partial charge is 0.355 e. The number of nitrogens with one attached hydrogen (secondary N) is 2. The number of guanidine groups is 1. The van der Waals surface area contributed by atoms with Crippen LogP contribution in [0.5, 0.6) is 0 Å². The maximum absolute atomic E-state index is 12.5. The molecule has 0 spiro atoms. The zero-order valence-corrected chi connectivity index (χ0v) is 16.1. The second kappa shape index (κ2) is 9.02. The monoisotopic (exact) mass is 463 g/mol. The van der Waals surface area contributed by atoms with Crippen molar-refractivity contribution >= 4 is 41.3 Å². The Balaban J connectivity index is 0.00000264. The first-order valence-corrected chi connectivity index (χ1v) is 7.94. The summed E-state index contributed by atoms with van der Waals surface area (Å²) in [4.78, 5) is 9.94. The molecule has 1 saturated heterocycles. The number of rotatable bonds is 4. The van der Waals surface area contributed by atoms with Gasteiger partial charge in [0, 0.05) is 25.0 Å². The van der Waals surface area contributed by atoms with Gasteiger partial charge in [-0.15, -0.1) is 35.3 Å². The number of likely N-dealkylation sites (tertiary alicyclic amines) is 1. The first-order chi connectivity index (χ1) is 10.4. The van der Waals surface area contributed by atoms with Crippen molar-refractivity contribution in [3.8, 4) is 0 Å². The molecule has 1 atom stereocenters. The molecule has 1 aromatic heterocycles. The molecular weight excluding hydrogens is 442 g/mol. The third kappa shape index (κ3) is 6.07. The minimum absolute atomic E-state index is 0. The lowest BCUT2D eigenvalue weighted by atomic mass is 10.2. The first-order valence-electron chi connectivity index (χ1n) is 7.06. The fraction of sp³-hybridized carbons (Fsp3) is 0.692. The van der Waals surface area contributed by atoms with Crippen LogP contribution in [0.25, 0.3) is 0 Å². The molecule has 1 aliphatic rings. The van der Waals surface area contributed by atoms with Crippen LogP contribution in [0.4, 0.5) is 13.2 Å². The summed E-state index contributed by atoms with van der Waals surface area (Å²) in [6.07, 6.45) is -2.06. The molecule has 1 aromatic rings. The van der Waals surface area contributed by atoms with E-state index in [-0.39, 0.29) is 30.5 Å². The lowest BCUT2D eigenvalue weighted by molar-refractivity contribution is -0.140. The molecule has 23 heavy (non-hydrogen) atoms. The van der Waals surface area contributed by atoms with Crippen LogP contribution in [0.2, 0.25) is 0 Å². The Morgan fingerprint density at radius 2 is 2.22 bits per heavy atom. The fourth-order valence-electron chi connectivity index (χ4n) is 2.35. The van der Waals surface area contributed by atoms with E-state index in [1.165, 1.54) is 6.42 Å². The van der Waals surface area contributed by atoms with Crippen molar-refractivity contribution in [2.75, 3.05) is 27.2 Å². The van der Waals surface area contributed by atoms with Gasteiger partial charge in [-0.2, -0.15) is 13.2 Å². The summed E-state index contributed by atoms with van der Waals surface area (Å²) in [7, 11) is 3.72. The van der Waals surface area contributed by atoms with Crippen LogP contribution < -0.4 is 10.6 Å². The van der Waals surface area contributed by atoms with E-state index in [2.05, 4.69) is 32.6 Å². The normalized spacial score (nSPS) is 19.5. The maximum Gasteiger partial charge on any atom is 0.434 e. The molecule has 0 aromatic carbocycles. The Kier molecular flexibility index (Phi) is 8.01. The highest BCUT2D eigenvalue weighted by molar-refractivity contribution is 14.0. The number of nitrogens with zero attached hydrogens (tertiary/aromatic N) is 3. The number of halogens is 4. The number of aromatic nitrogens is 1. The molecule has 1 unspecified atom stereocenters. The van der Waals surface area contributed by atoms with Crippen molar-refractivity contribution in [3.63, 3.8) is 0 Å². The van der Waals surface area contributed by atoms with Crippen molar-refractivity contribution in [3.05, 3.63) is 16.1 Å². The van der Waals surface area contributed by atoms with Crippen LogP contribution in [0.1, 0.15) is 23.5 Å². The molecule has 2 N–H and O–H groups in total. The van der Waals surface area contributed by atoms with Crippen LogP contribution >= 0.6 is 35.3 Å². The topological polar surface area (TPSA) is 52.6 Å². The summed E-state index contributed by atoms with van der Waals surface area (Å²) in [5.41, 5.74) is -0.843. The molecule has 2 rings (SSSR count). The van der Waals surface area contributed by atoms with Gasteiger partial charge in [0.15, 0.2) is 11.7 Å². The van der Waals surface area contributed by atoms with Crippen molar-refractivity contribution in [1.82, 2.24) is 20.5 Å². The predicted octanol–water partition coefficient (Wildman–Crippen LogP) is 2.54. The maximum atomic E-state index is 12.5. The van der Waals surface area contributed by atoms with E-state index in [1.54, 1.807) is 7.05 Å². The average molecular weight is 463 g/mol. The summed E-state index contributed by atoms with van der Waals surface area (Å²) in [6.45, 7) is 2.08. The van der Waals surface area contributed by atoms with Crippen LogP contribution in [0.3, 0.4) is 0 Å². The molecule has 1 fully saturated rings. The number of likely N-dealkylation sites (N-methyl/N-ethyl adjacent to an activating group) is 1. The summed E-state index contributed by atoms with van der Waals surface area (Å²) >= 11 is 0.988. The van der Waals surface area contributed by atoms with E-state index in [0.29, 0.717) is 17.0 Å². The summed E-state index contributed by atoms with van der Waals surface area (Å²) in [6, 6.07) is 0.468. The number of aliphatic imine (C=N–C) groups is 1. The largest absolute Gasteiger partial charge is 0.434 e. The van der Waals surface area contributed by atoms with Gasteiger partial charge in [0.05, 0.1) is 6.54 Å². The second-order valence-corrected chi connectivity index (χ2v) is 6.15. The van der Waals surface area contributed by atoms with Gasteiger partial charge >= 0.3 is 6.18 Å². The van der Waals surface area contributed by atoms with Gasteiger partial charge < -0.3 is 15.5 Å². The molecule has 10 heteroatoms. The van der Waals surface area contributed by atoms with E-state index < -0.39 is 11.9 Å². The van der Waals surface area contributed by atoms with E-state index >= 15 is 0 Å². The molecule has 5 nitrogen and oxygen atoms in total. The highest BCUT2D eigenvalue weighted by Crippen LogP contribution is 2.29. The lowest BCUT2D eigenvalue weighted by Gasteiger charge is -2.21. The molecule has 0 aliphatic carbocycles. The Morgan fingerprint density at radius 3 is 2.74 bits per heavy atom. The molecule has 1 aliphatic heterocycles. The summed E-state index contributed by atoms with van der Waals surface area (Å²) in [5, 5.41) is 7.60. The van der Waals surface area contributed by atoms with E-state index in [9.17, 15) is 13.2 Å². The van der Waals surface area contributed by atoms with Crippen LogP contribution in [-0.4, -0.2) is 49.1 Å². The average Bonchev–Trinajstić information content (AvgIpc) is 3.08. The van der Waals surface area contributed by atoms with E-state index in [0.717, 1.165) is 36.2 Å². The molecular formula is C13H21F3IN5S. The van der Waals surface area contributed by atoms with Crippen molar-refractivity contribution in [1.29, 1.82) is 0 Å². The summed E-state index contributed by atoms with van der Waals surface area (Å²) < 4.78 is 37.4. The van der Waals surface area contributed by atoms with Crippen molar-refractivity contribution in [2.45, 2.75) is 31.6 Å². The van der Waals surface area contributed by atoms with Gasteiger partial charge in [-0.05, 0) is 26.4 Å². The number of thiazole rings is 1. The van der Waals surface area contributed by atoms with Gasteiger partial charge in [0.25, 0.3) is 0 Å². The minimum Gasteiger partial charge on any atom is -0.355 e. The van der Waals surface area contributed by atoms with Crippen LogP contribution in [0, 0.1) is 0 Å². The first kappa shape index (κ1) is 20.4. The fourth-order valence-corrected chi connectivity index (χ4v) is 3.09. The van der Waals surface area contributed by atoms with Gasteiger partial charge in [-0.3, -0.25) is 4.99 Å².